The van der Waals surface area contributed by atoms with Gasteiger partial charge in [-0.2, -0.15) is 10.4 Å². The lowest BCUT2D eigenvalue weighted by Crippen LogP contribution is -2.48. The summed E-state index contributed by atoms with van der Waals surface area (Å²) in [4.78, 5) is 20.2. The maximum Gasteiger partial charge on any atom is 0.246 e. The number of piperazine rings is 1. The average molecular weight is 485 g/mol. The number of fused-ring (bicyclic) bond motifs is 1. The maximum absolute atomic E-state index is 16.3. The molecule has 0 atom stereocenters. The van der Waals surface area contributed by atoms with E-state index in [2.05, 4.69) is 28.2 Å². The Morgan fingerprint density at radius 1 is 1.19 bits per heavy atom. The molecule has 3 aromatic rings. The molecule has 184 valence electrons. The van der Waals surface area contributed by atoms with E-state index >= 15 is 4.39 Å². The number of hydrogen-bond acceptors (Lipinski definition) is 6. The molecule has 7 nitrogen and oxygen atoms in total. The van der Waals surface area contributed by atoms with Crippen LogP contribution >= 0.6 is 0 Å². The number of anilines is 1. The van der Waals surface area contributed by atoms with Gasteiger partial charge in [0.25, 0.3) is 0 Å². The Morgan fingerprint density at radius 2 is 1.92 bits per heavy atom. The molecule has 1 aliphatic heterocycles. The van der Waals surface area contributed by atoms with Gasteiger partial charge in [0.05, 0.1) is 17.5 Å². The summed E-state index contributed by atoms with van der Waals surface area (Å²) in [5.74, 6) is -0.529. The van der Waals surface area contributed by atoms with Crippen LogP contribution in [-0.4, -0.2) is 55.2 Å². The molecular weight excluding hydrogens is 455 g/mol. The van der Waals surface area contributed by atoms with Crippen LogP contribution in [0.4, 0.5) is 10.1 Å². The van der Waals surface area contributed by atoms with Gasteiger partial charge in [-0.25, -0.2) is 4.39 Å². The minimum Gasteiger partial charge on any atom is -0.366 e. The van der Waals surface area contributed by atoms with Crippen molar-refractivity contribution < 1.29 is 9.18 Å². The Morgan fingerprint density at radius 3 is 2.56 bits per heavy atom. The number of amides is 1. The van der Waals surface area contributed by atoms with Crippen molar-refractivity contribution in [3.05, 3.63) is 70.7 Å². The second-order valence-corrected chi connectivity index (χ2v) is 8.88. The second-order valence-electron chi connectivity index (χ2n) is 8.88. The van der Waals surface area contributed by atoms with Crippen LogP contribution in [0, 0.1) is 37.9 Å². The summed E-state index contributed by atoms with van der Waals surface area (Å²) < 4.78 is 16.3. The first-order valence-corrected chi connectivity index (χ1v) is 11.8. The van der Waals surface area contributed by atoms with Gasteiger partial charge in [-0.15, -0.1) is 0 Å². The number of benzene rings is 2. The SMILES string of the molecule is C=CC(=O)N1CCN(c2c(C#N)cnc3c(F)c(-c4c(C)ccc(/C=N\NC)c4C)c(C)cc23)CC1. The molecule has 1 amide bonds. The second kappa shape index (κ2) is 10.2. The quantitative estimate of drug-likeness (QED) is 0.333. The third-order valence-corrected chi connectivity index (χ3v) is 6.77. The molecule has 2 aromatic carbocycles. The Hall–Kier alpha value is -4.25. The van der Waals surface area contributed by atoms with Crippen molar-refractivity contribution in [2.24, 2.45) is 5.10 Å². The number of hydrogen-bond donors (Lipinski definition) is 1. The summed E-state index contributed by atoms with van der Waals surface area (Å²) in [6.07, 6.45) is 4.47. The van der Waals surface area contributed by atoms with Gasteiger partial charge >= 0.3 is 0 Å². The van der Waals surface area contributed by atoms with E-state index in [1.54, 1.807) is 18.2 Å². The summed E-state index contributed by atoms with van der Waals surface area (Å²) in [6.45, 7) is 11.4. The zero-order valence-corrected chi connectivity index (χ0v) is 21.0. The molecule has 1 N–H and O–H groups in total. The smallest absolute Gasteiger partial charge is 0.246 e. The fraction of sp³-hybridized carbons (Fsp3) is 0.286. The molecule has 1 fully saturated rings. The lowest BCUT2D eigenvalue weighted by molar-refractivity contribution is -0.126. The van der Waals surface area contributed by atoms with Gasteiger partial charge in [-0.3, -0.25) is 9.78 Å². The summed E-state index contributed by atoms with van der Waals surface area (Å²) in [5.41, 5.74) is 8.86. The Kier molecular flexibility index (Phi) is 7.02. The molecule has 8 heteroatoms. The number of nitrogens with zero attached hydrogens (tertiary/aromatic N) is 5. The van der Waals surface area contributed by atoms with Crippen molar-refractivity contribution in [3.8, 4) is 17.2 Å². The number of nitrogens with one attached hydrogen (secondary N) is 1. The lowest BCUT2D eigenvalue weighted by Gasteiger charge is -2.36. The Bertz CT molecular complexity index is 1430. The van der Waals surface area contributed by atoms with E-state index in [-0.39, 0.29) is 11.4 Å². The first-order chi connectivity index (χ1) is 17.3. The van der Waals surface area contributed by atoms with Gasteiger partial charge in [0, 0.05) is 50.4 Å². The topological polar surface area (TPSA) is 84.6 Å². The minimum absolute atomic E-state index is 0.117. The van der Waals surface area contributed by atoms with Crippen LogP contribution in [-0.2, 0) is 4.79 Å². The molecule has 1 aliphatic rings. The summed E-state index contributed by atoms with van der Waals surface area (Å²) in [7, 11) is 1.73. The zero-order chi connectivity index (χ0) is 26.0. The summed E-state index contributed by atoms with van der Waals surface area (Å²) in [5, 5.41) is 14.5. The highest BCUT2D eigenvalue weighted by atomic mass is 19.1. The van der Waals surface area contributed by atoms with Gasteiger partial charge in [-0.1, -0.05) is 18.7 Å². The van der Waals surface area contributed by atoms with Crippen molar-refractivity contribution in [2.75, 3.05) is 38.1 Å². The predicted molar refractivity (Wildman–Crippen MR) is 142 cm³/mol. The van der Waals surface area contributed by atoms with Crippen LogP contribution in [0.1, 0.15) is 27.8 Å². The zero-order valence-electron chi connectivity index (χ0n) is 21.0. The molecule has 2 heterocycles. The molecule has 0 bridgehead atoms. The van der Waals surface area contributed by atoms with E-state index in [1.165, 1.54) is 12.3 Å². The Labute approximate surface area is 210 Å². The predicted octanol–water partition coefficient (Wildman–Crippen LogP) is 4.23. The van der Waals surface area contributed by atoms with Crippen LogP contribution in [0.15, 0.2) is 42.2 Å². The standard InChI is InChI=1S/C28H29FN6O/c1-6-23(36)34-9-11-35(12-10-34)28-21(14-30)15-32-27-22(28)13-18(3)25(26(27)29)24-17(2)7-8-20(19(24)4)16-33-31-5/h6-8,13,15-16,31H,1,9-12H2,2-5H3/b33-16-. The maximum atomic E-state index is 16.3. The fourth-order valence-corrected chi connectivity index (χ4v) is 4.94. The van der Waals surface area contributed by atoms with Crippen LogP contribution in [0.25, 0.3) is 22.0 Å². The van der Waals surface area contributed by atoms with Gasteiger partial charge in [0.15, 0.2) is 5.82 Å². The molecule has 0 saturated carbocycles. The number of carbonyl (C=O) groups excluding carboxylic acids is 1. The lowest BCUT2D eigenvalue weighted by atomic mass is 9.88. The molecule has 0 aliphatic carbocycles. The number of pyridine rings is 1. The molecule has 1 saturated heterocycles. The van der Waals surface area contributed by atoms with E-state index in [1.807, 2.05) is 43.9 Å². The Balaban J connectivity index is 1.88. The third-order valence-electron chi connectivity index (χ3n) is 6.77. The van der Waals surface area contributed by atoms with Gasteiger partial charge in [0.1, 0.15) is 11.6 Å². The number of aryl methyl sites for hydroxylation is 2. The van der Waals surface area contributed by atoms with E-state index < -0.39 is 5.82 Å². The molecule has 1 aromatic heterocycles. The highest BCUT2D eigenvalue weighted by Gasteiger charge is 2.26. The van der Waals surface area contributed by atoms with Crippen molar-refractivity contribution >= 4 is 28.7 Å². The van der Waals surface area contributed by atoms with Gasteiger partial charge in [-0.05, 0) is 60.7 Å². The van der Waals surface area contributed by atoms with Crippen molar-refractivity contribution in [2.45, 2.75) is 20.8 Å². The number of aromatic nitrogens is 1. The van der Waals surface area contributed by atoms with Crippen LogP contribution < -0.4 is 10.3 Å². The third kappa shape index (κ3) is 4.29. The molecule has 0 unspecified atom stereocenters. The normalized spacial score (nSPS) is 13.8. The number of carbonyl (C=O) groups is 1. The van der Waals surface area contributed by atoms with E-state index in [9.17, 15) is 10.1 Å². The monoisotopic (exact) mass is 484 g/mol. The largest absolute Gasteiger partial charge is 0.366 e. The first kappa shape index (κ1) is 24.9. The molecule has 4 rings (SSSR count). The molecular formula is C28H29FN6O. The van der Waals surface area contributed by atoms with E-state index in [0.717, 1.165) is 27.8 Å². The molecule has 36 heavy (non-hydrogen) atoms. The summed E-state index contributed by atoms with van der Waals surface area (Å²) in [6, 6.07) is 8.07. The average Bonchev–Trinajstić information content (AvgIpc) is 2.89. The fourth-order valence-electron chi connectivity index (χ4n) is 4.94. The van der Waals surface area contributed by atoms with Crippen molar-refractivity contribution in [1.82, 2.24) is 15.3 Å². The van der Waals surface area contributed by atoms with Crippen LogP contribution in [0.3, 0.4) is 0 Å². The highest BCUT2D eigenvalue weighted by Crippen LogP contribution is 2.40. The summed E-state index contributed by atoms with van der Waals surface area (Å²) >= 11 is 0. The first-order valence-electron chi connectivity index (χ1n) is 11.8. The van der Waals surface area contributed by atoms with E-state index in [4.69, 9.17) is 0 Å². The molecule has 0 spiro atoms. The van der Waals surface area contributed by atoms with Crippen LogP contribution in [0.5, 0.6) is 0 Å². The number of hydrazone groups is 1. The number of halogens is 1. The van der Waals surface area contributed by atoms with E-state index in [0.29, 0.717) is 48.4 Å². The van der Waals surface area contributed by atoms with Crippen LogP contribution in [0.2, 0.25) is 0 Å². The van der Waals surface area contributed by atoms with Gasteiger partial charge < -0.3 is 15.2 Å². The van der Waals surface area contributed by atoms with Gasteiger partial charge in [0.2, 0.25) is 5.91 Å². The van der Waals surface area contributed by atoms with Crippen molar-refractivity contribution in [3.63, 3.8) is 0 Å². The molecule has 0 radical (unpaired) electrons. The van der Waals surface area contributed by atoms with Crippen molar-refractivity contribution in [1.29, 1.82) is 5.26 Å². The minimum atomic E-state index is -0.412. The highest BCUT2D eigenvalue weighted by molar-refractivity contribution is 5.99. The number of rotatable bonds is 5. The number of nitriles is 1.